The zero-order chi connectivity index (χ0) is 24.8. The molecule has 180 valence electrons. The van der Waals surface area contributed by atoms with Gasteiger partial charge in [0.1, 0.15) is 0 Å². The van der Waals surface area contributed by atoms with Crippen LogP contribution < -0.4 is 10.6 Å². The van der Waals surface area contributed by atoms with E-state index in [-0.39, 0.29) is 19.1 Å². The fourth-order valence-corrected chi connectivity index (χ4v) is 4.05. The van der Waals surface area contributed by atoms with Crippen LogP contribution in [0.25, 0.3) is 11.3 Å². The highest BCUT2D eigenvalue weighted by Gasteiger charge is 2.29. The lowest BCUT2D eigenvalue weighted by Gasteiger charge is -2.17. The van der Waals surface area contributed by atoms with E-state index in [4.69, 9.17) is 9.84 Å². The van der Waals surface area contributed by atoms with Gasteiger partial charge in [-0.15, -0.1) is 0 Å². The predicted octanol–water partition coefficient (Wildman–Crippen LogP) is 4.22. The molecule has 1 amide bonds. The first-order chi connectivity index (χ1) is 17.0. The molecule has 1 aliphatic rings. The van der Waals surface area contributed by atoms with Gasteiger partial charge in [-0.2, -0.15) is 0 Å². The van der Waals surface area contributed by atoms with Gasteiger partial charge in [-0.1, -0.05) is 48.5 Å². The highest BCUT2D eigenvalue weighted by atomic mass is 16.5. The van der Waals surface area contributed by atoms with Gasteiger partial charge < -0.3 is 20.5 Å². The fraction of sp³-hybridized carbons (Fsp3) is 0.214. The summed E-state index contributed by atoms with van der Waals surface area (Å²) in [7, 11) is 1.96. The number of carbonyl (C=O) groups is 2. The van der Waals surface area contributed by atoms with Gasteiger partial charge in [0.15, 0.2) is 0 Å². The van der Waals surface area contributed by atoms with Gasteiger partial charge in [0, 0.05) is 24.3 Å². The molecule has 0 spiro atoms. The molecular weight excluding hydrogens is 442 g/mol. The summed E-state index contributed by atoms with van der Waals surface area (Å²) in [6, 6.07) is 22.8. The quantitative estimate of drug-likeness (QED) is 0.320. The first kappa shape index (κ1) is 24.2. The number of likely N-dealkylation sites (N-methyl/N-ethyl adjacent to an activating group) is 1. The SMILES string of the molecule is CCOC(=O)c1ccc2c(c1)NC(=O)C2=C(Nc1ccc(CN(C)CCO)cc1)c1ccccc1. The zero-order valence-electron chi connectivity index (χ0n) is 19.9. The molecule has 1 aliphatic heterocycles. The maximum atomic E-state index is 13.1. The number of esters is 1. The number of nitrogens with zero attached hydrogens (tertiary/aromatic N) is 1. The number of hydrogen-bond donors (Lipinski definition) is 3. The van der Waals surface area contributed by atoms with Gasteiger partial charge in [0.25, 0.3) is 5.91 Å². The Bertz CT molecular complexity index is 1240. The average Bonchev–Trinajstić information content (AvgIpc) is 3.19. The fourth-order valence-electron chi connectivity index (χ4n) is 4.05. The van der Waals surface area contributed by atoms with Crippen molar-refractivity contribution in [1.29, 1.82) is 0 Å². The largest absolute Gasteiger partial charge is 0.462 e. The Morgan fingerprint density at radius 1 is 1.03 bits per heavy atom. The summed E-state index contributed by atoms with van der Waals surface area (Å²) in [5.41, 5.74) is 5.70. The molecular formula is C28H29N3O4. The lowest BCUT2D eigenvalue weighted by atomic mass is 9.99. The summed E-state index contributed by atoms with van der Waals surface area (Å²) in [5.74, 6) is -0.664. The first-order valence-electron chi connectivity index (χ1n) is 11.6. The Hall–Kier alpha value is -3.94. The van der Waals surface area contributed by atoms with E-state index in [0.29, 0.717) is 29.1 Å². The highest BCUT2D eigenvalue weighted by molar-refractivity contribution is 6.37. The summed E-state index contributed by atoms with van der Waals surface area (Å²) in [5, 5.41) is 15.5. The number of fused-ring (bicyclic) bond motifs is 1. The van der Waals surface area contributed by atoms with Crippen molar-refractivity contribution in [3.8, 4) is 0 Å². The third-order valence-corrected chi connectivity index (χ3v) is 5.75. The van der Waals surface area contributed by atoms with Crippen molar-refractivity contribution in [2.75, 3.05) is 37.4 Å². The third-order valence-electron chi connectivity index (χ3n) is 5.75. The number of aliphatic hydroxyl groups is 1. The molecule has 1 heterocycles. The maximum Gasteiger partial charge on any atom is 0.338 e. The summed E-state index contributed by atoms with van der Waals surface area (Å²) < 4.78 is 5.09. The number of carbonyl (C=O) groups excluding carboxylic acids is 2. The molecule has 0 unspecified atom stereocenters. The number of amides is 1. The smallest absolute Gasteiger partial charge is 0.338 e. The van der Waals surface area contributed by atoms with E-state index in [9.17, 15) is 9.59 Å². The van der Waals surface area contributed by atoms with E-state index in [2.05, 4.69) is 10.6 Å². The van der Waals surface area contributed by atoms with Crippen molar-refractivity contribution in [2.24, 2.45) is 0 Å². The number of anilines is 2. The van der Waals surface area contributed by atoms with Crippen molar-refractivity contribution < 1.29 is 19.4 Å². The topological polar surface area (TPSA) is 90.9 Å². The van der Waals surface area contributed by atoms with Crippen LogP contribution in [0.15, 0.2) is 72.8 Å². The van der Waals surface area contributed by atoms with Crippen LogP contribution in [-0.2, 0) is 16.1 Å². The van der Waals surface area contributed by atoms with Crippen LogP contribution in [0.5, 0.6) is 0 Å². The van der Waals surface area contributed by atoms with Gasteiger partial charge in [0.05, 0.1) is 35.7 Å². The molecule has 0 atom stereocenters. The van der Waals surface area contributed by atoms with Crippen LogP contribution in [0.2, 0.25) is 0 Å². The van der Waals surface area contributed by atoms with Crippen LogP contribution >= 0.6 is 0 Å². The van der Waals surface area contributed by atoms with Crippen molar-refractivity contribution in [3.63, 3.8) is 0 Å². The lowest BCUT2D eigenvalue weighted by molar-refractivity contribution is -0.110. The number of aliphatic hydroxyl groups excluding tert-OH is 1. The van der Waals surface area contributed by atoms with Gasteiger partial charge in [-0.3, -0.25) is 9.69 Å². The third kappa shape index (κ3) is 5.59. The number of benzene rings is 3. The molecule has 0 saturated carbocycles. The van der Waals surface area contributed by atoms with E-state index in [1.165, 1.54) is 0 Å². The predicted molar refractivity (Wildman–Crippen MR) is 138 cm³/mol. The second kappa shape index (κ2) is 11.0. The minimum absolute atomic E-state index is 0.120. The zero-order valence-corrected chi connectivity index (χ0v) is 19.9. The Morgan fingerprint density at radius 2 is 1.77 bits per heavy atom. The Balaban J connectivity index is 1.70. The molecule has 7 heteroatoms. The molecule has 0 radical (unpaired) electrons. The number of ether oxygens (including phenoxy) is 1. The number of nitrogens with one attached hydrogen (secondary N) is 2. The van der Waals surface area contributed by atoms with Gasteiger partial charge in [0.2, 0.25) is 0 Å². The molecule has 3 aromatic rings. The molecule has 0 aliphatic carbocycles. The van der Waals surface area contributed by atoms with Crippen LogP contribution in [0.4, 0.5) is 11.4 Å². The van der Waals surface area contributed by atoms with Gasteiger partial charge in [-0.05, 0) is 49.4 Å². The number of rotatable bonds is 9. The monoisotopic (exact) mass is 471 g/mol. The van der Waals surface area contributed by atoms with Crippen LogP contribution in [0, 0.1) is 0 Å². The summed E-state index contributed by atoms with van der Waals surface area (Å²) in [6.07, 6.45) is 0. The van der Waals surface area contributed by atoms with E-state index in [1.54, 1.807) is 25.1 Å². The Labute approximate surface area is 205 Å². The second-order valence-electron chi connectivity index (χ2n) is 8.33. The van der Waals surface area contributed by atoms with Crippen molar-refractivity contribution in [1.82, 2.24) is 4.90 Å². The average molecular weight is 472 g/mol. The first-order valence-corrected chi connectivity index (χ1v) is 11.6. The van der Waals surface area contributed by atoms with Crippen LogP contribution in [-0.4, -0.2) is 48.7 Å². The maximum absolute atomic E-state index is 13.1. The molecule has 3 N–H and O–H groups in total. The molecule has 3 aromatic carbocycles. The summed E-state index contributed by atoms with van der Waals surface area (Å²) >= 11 is 0. The summed E-state index contributed by atoms with van der Waals surface area (Å²) in [6.45, 7) is 3.50. The molecule has 0 saturated heterocycles. The highest BCUT2D eigenvalue weighted by Crippen LogP contribution is 2.38. The van der Waals surface area contributed by atoms with Crippen molar-refractivity contribution in [3.05, 3.63) is 95.1 Å². The molecule has 4 rings (SSSR count). The molecule has 7 nitrogen and oxygen atoms in total. The van der Waals surface area contributed by atoms with Gasteiger partial charge >= 0.3 is 5.97 Å². The van der Waals surface area contributed by atoms with Crippen LogP contribution in [0.1, 0.15) is 34.0 Å². The molecule has 0 aromatic heterocycles. The van der Waals surface area contributed by atoms with E-state index >= 15 is 0 Å². The van der Waals surface area contributed by atoms with E-state index in [1.807, 2.05) is 66.5 Å². The Kier molecular flexibility index (Phi) is 7.60. The standard InChI is InChI=1S/C28H29N3O4/c1-3-35-28(34)21-11-14-23-24(17-21)30-27(33)25(23)26(20-7-5-4-6-8-20)29-22-12-9-19(10-13-22)18-31(2)15-16-32/h4-14,17,29,32H,3,15-16,18H2,1-2H3,(H,30,33). The van der Waals surface area contributed by atoms with Gasteiger partial charge in [-0.25, -0.2) is 4.79 Å². The van der Waals surface area contributed by atoms with E-state index < -0.39 is 5.97 Å². The second-order valence-corrected chi connectivity index (χ2v) is 8.33. The number of hydrogen-bond acceptors (Lipinski definition) is 6. The normalized spacial score (nSPS) is 13.9. The lowest BCUT2D eigenvalue weighted by Crippen LogP contribution is -2.21. The molecule has 0 bridgehead atoms. The minimum Gasteiger partial charge on any atom is -0.462 e. The van der Waals surface area contributed by atoms with Crippen LogP contribution in [0.3, 0.4) is 0 Å². The van der Waals surface area contributed by atoms with Crippen molar-refractivity contribution >= 4 is 34.5 Å². The molecule has 35 heavy (non-hydrogen) atoms. The minimum atomic E-state index is -0.423. The molecule has 0 fully saturated rings. The van der Waals surface area contributed by atoms with E-state index in [0.717, 1.165) is 28.9 Å². The summed E-state index contributed by atoms with van der Waals surface area (Å²) in [4.78, 5) is 27.3. The Morgan fingerprint density at radius 3 is 2.46 bits per heavy atom. The van der Waals surface area contributed by atoms with Crippen molar-refractivity contribution in [2.45, 2.75) is 13.5 Å².